The van der Waals surface area contributed by atoms with E-state index in [4.69, 9.17) is 16.2 Å². The van der Waals surface area contributed by atoms with Crippen LogP contribution < -0.4 is 21.5 Å². The summed E-state index contributed by atoms with van der Waals surface area (Å²) in [6.45, 7) is 1.46. The van der Waals surface area contributed by atoms with Crippen LogP contribution >= 0.6 is 0 Å². The van der Waals surface area contributed by atoms with Gasteiger partial charge in [0, 0.05) is 24.1 Å². The van der Waals surface area contributed by atoms with E-state index >= 15 is 0 Å². The summed E-state index contributed by atoms with van der Waals surface area (Å²) >= 11 is 0. The lowest BCUT2D eigenvalue weighted by Gasteiger charge is -2.13. The Labute approximate surface area is 138 Å². The number of anilines is 3. The molecule has 1 aromatic heterocycles. The fourth-order valence-electron chi connectivity index (χ4n) is 2.58. The number of benzene rings is 2. The smallest absolute Gasteiger partial charge is 0.221 e. The van der Waals surface area contributed by atoms with E-state index in [1.54, 1.807) is 19.4 Å². The maximum Gasteiger partial charge on any atom is 0.221 e. The Morgan fingerprint density at radius 3 is 2.67 bits per heavy atom. The average molecular weight is 323 g/mol. The third-order valence-electron chi connectivity index (χ3n) is 3.65. The van der Waals surface area contributed by atoms with Crippen molar-refractivity contribution in [3.63, 3.8) is 0 Å². The first-order valence-electron chi connectivity index (χ1n) is 7.26. The Bertz CT molecular complexity index is 940. The number of nitrogens with one attached hydrogen (secondary N) is 1. The van der Waals surface area contributed by atoms with Gasteiger partial charge in [-0.2, -0.15) is 4.98 Å². The second-order valence-electron chi connectivity index (χ2n) is 5.29. The summed E-state index contributed by atoms with van der Waals surface area (Å²) in [6, 6.07) is 9.45. The number of aromatic nitrogens is 2. The largest absolute Gasteiger partial charge is 0.495 e. The Morgan fingerprint density at radius 1 is 1.21 bits per heavy atom. The second-order valence-corrected chi connectivity index (χ2v) is 5.29. The Kier molecular flexibility index (Phi) is 3.91. The molecular formula is C17H17N5O2. The van der Waals surface area contributed by atoms with Gasteiger partial charge < -0.3 is 21.5 Å². The Morgan fingerprint density at radius 2 is 2.00 bits per heavy atom. The molecule has 0 saturated carbocycles. The van der Waals surface area contributed by atoms with Crippen LogP contribution in [-0.4, -0.2) is 23.0 Å². The molecule has 5 N–H and O–H groups in total. The number of methoxy groups -OCH3 is 1. The molecule has 0 unspecified atom stereocenters. The molecule has 0 aliphatic heterocycles. The molecule has 0 aliphatic carbocycles. The van der Waals surface area contributed by atoms with Gasteiger partial charge >= 0.3 is 0 Å². The predicted molar refractivity (Wildman–Crippen MR) is 94.7 cm³/mol. The van der Waals surface area contributed by atoms with E-state index in [0.29, 0.717) is 22.8 Å². The van der Waals surface area contributed by atoms with Crippen LogP contribution in [0.3, 0.4) is 0 Å². The normalized spacial score (nSPS) is 10.6. The van der Waals surface area contributed by atoms with Crippen LogP contribution in [0.2, 0.25) is 0 Å². The van der Waals surface area contributed by atoms with Crippen molar-refractivity contribution in [1.82, 2.24) is 9.97 Å². The molecule has 2 aromatic carbocycles. The molecule has 0 fully saturated rings. The molecule has 7 nitrogen and oxygen atoms in total. The number of carbonyl (C=O) groups is 1. The molecule has 3 rings (SSSR count). The van der Waals surface area contributed by atoms with Crippen LogP contribution in [0.4, 0.5) is 17.5 Å². The van der Waals surface area contributed by atoms with Gasteiger partial charge in [0.15, 0.2) is 0 Å². The summed E-state index contributed by atoms with van der Waals surface area (Å²) in [5.41, 5.74) is 13.7. The average Bonchev–Trinajstić information content (AvgIpc) is 2.54. The van der Waals surface area contributed by atoms with Gasteiger partial charge in [0.25, 0.3) is 0 Å². The van der Waals surface area contributed by atoms with E-state index in [0.717, 1.165) is 16.3 Å². The topological polar surface area (TPSA) is 116 Å². The fraction of sp³-hybridized carbons (Fsp3) is 0.118. The summed E-state index contributed by atoms with van der Waals surface area (Å²) in [7, 11) is 1.56. The van der Waals surface area contributed by atoms with Crippen LogP contribution in [0.25, 0.3) is 21.9 Å². The van der Waals surface area contributed by atoms with Gasteiger partial charge in [-0.3, -0.25) is 4.79 Å². The second kappa shape index (κ2) is 6.04. The van der Waals surface area contributed by atoms with Gasteiger partial charge in [-0.1, -0.05) is 18.2 Å². The van der Waals surface area contributed by atoms with Crippen molar-refractivity contribution in [3.8, 4) is 16.9 Å². The highest BCUT2D eigenvalue weighted by molar-refractivity contribution is 6.05. The molecule has 24 heavy (non-hydrogen) atoms. The van der Waals surface area contributed by atoms with Crippen molar-refractivity contribution < 1.29 is 9.53 Å². The highest BCUT2D eigenvalue weighted by atomic mass is 16.5. The zero-order chi connectivity index (χ0) is 17.3. The number of rotatable bonds is 3. The van der Waals surface area contributed by atoms with E-state index in [9.17, 15) is 4.79 Å². The molecule has 3 aromatic rings. The number of nitrogens with zero attached hydrogens (tertiary/aromatic N) is 2. The van der Waals surface area contributed by atoms with E-state index in [2.05, 4.69) is 15.3 Å². The number of hydrogen-bond acceptors (Lipinski definition) is 6. The van der Waals surface area contributed by atoms with Crippen molar-refractivity contribution in [2.45, 2.75) is 6.92 Å². The highest BCUT2D eigenvalue weighted by Gasteiger charge is 2.12. The molecule has 0 bridgehead atoms. The van der Waals surface area contributed by atoms with Crippen molar-refractivity contribution in [2.75, 3.05) is 23.9 Å². The van der Waals surface area contributed by atoms with Gasteiger partial charge in [-0.25, -0.2) is 4.98 Å². The van der Waals surface area contributed by atoms with Crippen molar-refractivity contribution >= 4 is 34.1 Å². The van der Waals surface area contributed by atoms with Crippen molar-refractivity contribution in [1.29, 1.82) is 0 Å². The number of ether oxygens (including phenoxy) is 1. The zero-order valence-electron chi connectivity index (χ0n) is 13.3. The van der Waals surface area contributed by atoms with E-state index in [1.807, 2.05) is 24.3 Å². The number of amides is 1. The standard InChI is InChI=1S/C17H17N5O2/c1-9(23)21-15-12-5-3-11(7-10(12)4-6-14(15)24-2)13-8-20-17(19)22-16(13)18/h3-8H,1-2H3,(H,21,23)(H4,18,19,20,22). The maximum atomic E-state index is 11.5. The van der Waals surface area contributed by atoms with Gasteiger partial charge in [-0.15, -0.1) is 0 Å². The molecule has 122 valence electrons. The lowest BCUT2D eigenvalue weighted by molar-refractivity contribution is -0.114. The van der Waals surface area contributed by atoms with Gasteiger partial charge in [0.1, 0.15) is 11.6 Å². The SMILES string of the molecule is COc1ccc2cc(-c3cnc(N)nc3N)ccc2c1NC(C)=O. The molecule has 0 spiro atoms. The quantitative estimate of drug-likeness (QED) is 0.681. The van der Waals surface area contributed by atoms with Gasteiger partial charge in [0.05, 0.1) is 12.8 Å². The maximum absolute atomic E-state index is 11.5. The summed E-state index contributed by atoms with van der Waals surface area (Å²) in [4.78, 5) is 19.5. The number of fused-ring (bicyclic) bond motifs is 1. The third-order valence-corrected chi connectivity index (χ3v) is 3.65. The summed E-state index contributed by atoms with van der Waals surface area (Å²) in [5.74, 6) is 0.883. The van der Waals surface area contributed by atoms with Gasteiger partial charge in [0.2, 0.25) is 11.9 Å². The fourth-order valence-corrected chi connectivity index (χ4v) is 2.58. The van der Waals surface area contributed by atoms with Crippen LogP contribution in [0.15, 0.2) is 36.5 Å². The van der Waals surface area contributed by atoms with E-state index in [-0.39, 0.29) is 11.9 Å². The van der Waals surface area contributed by atoms with Crippen LogP contribution in [0, 0.1) is 0 Å². The lowest BCUT2D eigenvalue weighted by atomic mass is 10.0. The first kappa shape index (κ1) is 15.5. The van der Waals surface area contributed by atoms with E-state index < -0.39 is 0 Å². The molecule has 1 amide bonds. The monoisotopic (exact) mass is 323 g/mol. The molecule has 0 aliphatic rings. The molecule has 7 heteroatoms. The van der Waals surface area contributed by atoms with Crippen LogP contribution in [0.1, 0.15) is 6.92 Å². The van der Waals surface area contributed by atoms with Crippen LogP contribution in [-0.2, 0) is 4.79 Å². The molecule has 0 saturated heterocycles. The number of nitrogens with two attached hydrogens (primary N) is 2. The highest BCUT2D eigenvalue weighted by Crippen LogP contribution is 2.36. The predicted octanol–water partition coefficient (Wildman–Crippen LogP) is 2.43. The molecular weight excluding hydrogens is 306 g/mol. The Balaban J connectivity index is 2.17. The first-order valence-corrected chi connectivity index (χ1v) is 7.26. The third kappa shape index (κ3) is 2.79. The summed E-state index contributed by atoms with van der Waals surface area (Å²) < 4.78 is 5.33. The minimum Gasteiger partial charge on any atom is -0.495 e. The van der Waals surface area contributed by atoms with E-state index in [1.165, 1.54) is 6.92 Å². The minimum absolute atomic E-state index is 0.134. The number of hydrogen-bond donors (Lipinski definition) is 3. The summed E-state index contributed by atoms with van der Waals surface area (Å²) in [5, 5.41) is 4.60. The summed E-state index contributed by atoms with van der Waals surface area (Å²) in [6.07, 6.45) is 1.59. The number of nitrogen functional groups attached to an aromatic ring is 2. The molecule has 0 atom stereocenters. The number of carbonyl (C=O) groups excluding carboxylic acids is 1. The Hall–Kier alpha value is -3.35. The van der Waals surface area contributed by atoms with Crippen LogP contribution in [0.5, 0.6) is 5.75 Å². The lowest BCUT2D eigenvalue weighted by Crippen LogP contribution is -2.07. The molecule has 0 radical (unpaired) electrons. The van der Waals surface area contributed by atoms with Crippen molar-refractivity contribution in [2.24, 2.45) is 0 Å². The first-order chi connectivity index (χ1) is 11.5. The van der Waals surface area contributed by atoms with Crippen molar-refractivity contribution in [3.05, 3.63) is 36.5 Å². The zero-order valence-corrected chi connectivity index (χ0v) is 13.3. The molecule has 1 heterocycles. The minimum atomic E-state index is -0.166. The van der Waals surface area contributed by atoms with Gasteiger partial charge in [-0.05, 0) is 23.1 Å².